The summed E-state index contributed by atoms with van der Waals surface area (Å²) in [5.74, 6) is 0. The molecule has 0 atom stereocenters. The summed E-state index contributed by atoms with van der Waals surface area (Å²) in [6.07, 6.45) is 3.70. The van der Waals surface area contributed by atoms with E-state index in [2.05, 4.69) is 23.7 Å². The summed E-state index contributed by atoms with van der Waals surface area (Å²) in [6.45, 7) is 5.64. The molecule has 92 valence electrons. The van der Waals surface area contributed by atoms with Gasteiger partial charge in [0.05, 0.1) is 6.07 Å². The Morgan fingerprint density at radius 3 is 2.53 bits per heavy atom. The monoisotopic (exact) mass is 247 g/mol. The number of aromatic amines is 1. The van der Waals surface area contributed by atoms with E-state index in [1.807, 2.05) is 49.5 Å². The number of hydrogen-bond donors (Lipinski definition) is 0. The lowest BCUT2D eigenvalue weighted by atomic mass is 10.0. The van der Waals surface area contributed by atoms with Crippen molar-refractivity contribution >= 4 is 5.57 Å². The van der Waals surface area contributed by atoms with Crippen LogP contribution in [-0.2, 0) is 0 Å². The van der Waals surface area contributed by atoms with Crippen molar-refractivity contribution < 1.29 is 4.98 Å². The van der Waals surface area contributed by atoms with E-state index in [4.69, 9.17) is 5.26 Å². The first-order valence-electron chi connectivity index (χ1n) is 6.05. The Kier molecular flexibility index (Phi) is 3.90. The normalized spacial score (nSPS) is 10.8. The highest BCUT2D eigenvalue weighted by atomic mass is 14.7. The van der Waals surface area contributed by atoms with Crippen molar-refractivity contribution in [3.8, 4) is 17.3 Å². The van der Waals surface area contributed by atoms with Crippen molar-refractivity contribution in [3.05, 3.63) is 72.5 Å². The van der Waals surface area contributed by atoms with E-state index in [-0.39, 0.29) is 0 Å². The molecular weight excluding hydrogens is 232 g/mol. The minimum Gasteiger partial charge on any atom is -0.211 e. The molecule has 0 aliphatic carbocycles. The molecule has 0 bridgehead atoms. The second-order valence-corrected chi connectivity index (χ2v) is 4.32. The third-order valence-electron chi connectivity index (χ3n) is 2.89. The van der Waals surface area contributed by atoms with Crippen LogP contribution in [-0.4, -0.2) is 0 Å². The van der Waals surface area contributed by atoms with Crippen LogP contribution in [0.15, 0.2) is 66.9 Å². The largest absolute Gasteiger partial charge is 0.211 e. The van der Waals surface area contributed by atoms with Crippen molar-refractivity contribution in [2.45, 2.75) is 6.92 Å². The summed E-state index contributed by atoms with van der Waals surface area (Å²) >= 11 is 0. The highest BCUT2D eigenvalue weighted by Gasteiger charge is 2.04. The van der Waals surface area contributed by atoms with Crippen molar-refractivity contribution in [1.82, 2.24) is 0 Å². The summed E-state index contributed by atoms with van der Waals surface area (Å²) in [5.41, 5.74) is 4.82. The molecule has 0 saturated carbocycles. The van der Waals surface area contributed by atoms with E-state index in [1.165, 1.54) is 0 Å². The molecule has 0 radical (unpaired) electrons. The zero-order valence-electron chi connectivity index (χ0n) is 10.9. The third-order valence-corrected chi connectivity index (χ3v) is 2.89. The number of hydrogen-bond acceptors (Lipinski definition) is 1. The molecule has 2 heteroatoms. The fourth-order valence-corrected chi connectivity index (χ4v) is 1.86. The Morgan fingerprint density at radius 2 is 1.95 bits per heavy atom. The van der Waals surface area contributed by atoms with E-state index in [9.17, 15) is 0 Å². The zero-order chi connectivity index (χ0) is 13.7. The Hall–Kier alpha value is -2.66. The lowest BCUT2D eigenvalue weighted by molar-refractivity contribution is -0.364. The van der Waals surface area contributed by atoms with Gasteiger partial charge in [-0.25, -0.2) is 4.98 Å². The second kappa shape index (κ2) is 5.79. The fourth-order valence-electron chi connectivity index (χ4n) is 1.86. The number of nitriles is 1. The van der Waals surface area contributed by atoms with Gasteiger partial charge in [-0.1, -0.05) is 18.7 Å². The number of pyridine rings is 1. The van der Waals surface area contributed by atoms with Gasteiger partial charge in [-0.2, -0.15) is 5.26 Å². The van der Waals surface area contributed by atoms with Crippen LogP contribution in [0.4, 0.5) is 0 Å². The lowest BCUT2D eigenvalue weighted by Crippen LogP contribution is -2.03. The Labute approximate surface area is 113 Å². The fraction of sp³-hybridized carbons (Fsp3) is 0.0588. The molecule has 19 heavy (non-hydrogen) atoms. The van der Waals surface area contributed by atoms with Gasteiger partial charge in [0.15, 0.2) is 6.20 Å². The molecule has 0 amide bonds. The predicted octanol–water partition coefficient (Wildman–Crippen LogP) is 3.65. The molecule has 0 spiro atoms. The maximum Gasteiger partial charge on any atom is 0.210 e. The highest BCUT2D eigenvalue weighted by Crippen LogP contribution is 2.20. The number of rotatable bonds is 3. The predicted molar refractivity (Wildman–Crippen MR) is 76.8 cm³/mol. The number of nitrogens with one attached hydrogen (secondary N) is 1. The highest BCUT2D eigenvalue weighted by molar-refractivity contribution is 5.69. The van der Waals surface area contributed by atoms with E-state index in [0.717, 1.165) is 22.4 Å². The standard InChI is InChI=1S/C17H14N2/c1-13(12-18)11-14(2)15-6-8-16(9-7-15)17-5-3-4-10-19-17/h3-11H,1H2,2H3/p+1/b14-11+. The SMILES string of the molecule is C=C(C#N)/C=C(\C)c1ccc(-c2cccc[nH+]2)cc1. The first kappa shape index (κ1) is 12.8. The van der Waals surface area contributed by atoms with Crippen molar-refractivity contribution in [2.75, 3.05) is 0 Å². The molecule has 1 heterocycles. The molecule has 2 aromatic rings. The van der Waals surface area contributed by atoms with Gasteiger partial charge in [0, 0.05) is 23.3 Å². The van der Waals surface area contributed by atoms with Crippen molar-refractivity contribution in [1.29, 1.82) is 5.26 Å². The molecule has 1 aromatic heterocycles. The topological polar surface area (TPSA) is 37.9 Å². The smallest absolute Gasteiger partial charge is 0.210 e. The maximum atomic E-state index is 8.73. The van der Waals surface area contributed by atoms with Crippen LogP contribution in [0.25, 0.3) is 16.8 Å². The Bertz CT molecular complexity index is 644. The van der Waals surface area contributed by atoms with Gasteiger partial charge in [-0.05, 0) is 42.3 Å². The first-order chi connectivity index (χ1) is 9.20. The lowest BCUT2D eigenvalue weighted by Gasteiger charge is -2.02. The van der Waals surface area contributed by atoms with Gasteiger partial charge < -0.3 is 0 Å². The number of aromatic nitrogens is 1. The molecule has 0 aliphatic heterocycles. The molecule has 1 aromatic carbocycles. The maximum absolute atomic E-state index is 8.73. The molecule has 2 nitrogen and oxygen atoms in total. The third kappa shape index (κ3) is 3.17. The van der Waals surface area contributed by atoms with Gasteiger partial charge in [-0.3, -0.25) is 0 Å². The van der Waals surface area contributed by atoms with Crippen molar-refractivity contribution in [2.24, 2.45) is 0 Å². The Morgan fingerprint density at radius 1 is 1.21 bits per heavy atom. The average molecular weight is 247 g/mol. The minimum atomic E-state index is 0.470. The molecular formula is C17H15N2+. The average Bonchev–Trinajstić information content (AvgIpc) is 2.48. The van der Waals surface area contributed by atoms with E-state index in [1.54, 1.807) is 6.08 Å². The summed E-state index contributed by atoms with van der Waals surface area (Å²) in [5, 5.41) is 8.73. The summed E-state index contributed by atoms with van der Waals surface area (Å²) in [4.78, 5) is 3.20. The van der Waals surface area contributed by atoms with Gasteiger partial charge in [0.1, 0.15) is 0 Å². The van der Waals surface area contributed by atoms with Crippen LogP contribution in [0, 0.1) is 11.3 Å². The summed E-state index contributed by atoms with van der Waals surface area (Å²) in [6, 6.07) is 16.2. The van der Waals surface area contributed by atoms with Crippen LogP contribution >= 0.6 is 0 Å². The number of H-pyrrole nitrogens is 1. The summed E-state index contributed by atoms with van der Waals surface area (Å²) in [7, 11) is 0. The van der Waals surface area contributed by atoms with Gasteiger partial charge >= 0.3 is 0 Å². The van der Waals surface area contributed by atoms with Crippen LogP contribution in [0.2, 0.25) is 0 Å². The molecule has 2 rings (SSSR count). The van der Waals surface area contributed by atoms with E-state index < -0.39 is 0 Å². The summed E-state index contributed by atoms with van der Waals surface area (Å²) < 4.78 is 0. The van der Waals surface area contributed by atoms with Crippen LogP contribution in [0.3, 0.4) is 0 Å². The number of benzene rings is 1. The van der Waals surface area contributed by atoms with Crippen LogP contribution < -0.4 is 4.98 Å². The van der Waals surface area contributed by atoms with Crippen LogP contribution in [0.1, 0.15) is 12.5 Å². The zero-order valence-corrected chi connectivity index (χ0v) is 10.9. The first-order valence-corrected chi connectivity index (χ1v) is 6.05. The van der Waals surface area contributed by atoms with Crippen molar-refractivity contribution in [3.63, 3.8) is 0 Å². The number of allylic oxidation sites excluding steroid dienone is 3. The number of nitrogens with zero attached hydrogens (tertiary/aromatic N) is 1. The van der Waals surface area contributed by atoms with Gasteiger partial charge in [0.25, 0.3) is 0 Å². The second-order valence-electron chi connectivity index (χ2n) is 4.32. The van der Waals surface area contributed by atoms with E-state index >= 15 is 0 Å². The minimum absolute atomic E-state index is 0.470. The van der Waals surface area contributed by atoms with E-state index in [0.29, 0.717) is 5.57 Å². The Balaban J connectivity index is 2.27. The van der Waals surface area contributed by atoms with Gasteiger partial charge in [-0.15, -0.1) is 0 Å². The quantitative estimate of drug-likeness (QED) is 0.602. The van der Waals surface area contributed by atoms with Crippen LogP contribution in [0.5, 0.6) is 0 Å². The molecule has 0 saturated heterocycles. The van der Waals surface area contributed by atoms with Gasteiger partial charge in [0.2, 0.25) is 5.69 Å². The molecule has 1 N–H and O–H groups in total. The molecule has 0 fully saturated rings. The molecule has 0 aliphatic rings. The molecule has 0 unspecified atom stereocenters.